The van der Waals surface area contributed by atoms with Gasteiger partial charge in [0.1, 0.15) is 6.10 Å². The maximum absolute atomic E-state index is 12.4. The Kier molecular flexibility index (Phi) is 16.4. The van der Waals surface area contributed by atoms with E-state index in [0.29, 0.717) is 12.3 Å². The zero-order chi connectivity index (χ0) is 21.9. The molecule has 1 aromatic rings. The SMILES string of the molecule is CCCCCCCCCCCCCCCC(=O)OC(CC(C)CC)c1ccccc1. The van der Waals surface area contributed by atoms with E-state index in [9.17, 15) is 4.79 Å². The summed E-state index contributed by atoms with van der Waals surface area (Å²) < 4.78 is 5.88. The van der Waals surface area contributed by atoms with Crippen LogP contribution < -0.4 is 0 Å². The maximum atomic E-state index is 12.4. The molecule has 0 spiro atoms. The lowest BCUT2D eigenvalue weighted by Gasteiger charge is -2.21. The van der Waals surface area contributed by atoms with Gasteiger partial charge >= 0.3 is 5.97 Å². The van der Waals surface area contributed by atoms with Crippen LogP contribution in [0.4, 0.5) is 0 Å². The van der Waals surface area contributed by atoms with E-state index in [-0.39, 0.29) is 12.1 Å². The number of unbranched alkanes of at least 4 members (excludes halogenated alkanes) is 12. The average Bonchev–Trinajstić information content (AvgIpc) is 2.77. The molecular formula is C28H48O2. The minimum Gasteiger partial charge on any atom is -0.457 e. The van der Waals surface area contributed by atoms with E-state index in [1.54, 1.807) is 0 Å². The molecule has 2 atom stereocenters. The van der Waals surface area contributed by atoms with Crippen LogP contribution in [0.3, 0.4) is 0 Å². The predicted octanol–water partition coefficient (Wildman–Crippen LogP) is 9.19. The summed E-state index contributed by atoms with van der Waals surface area (Å²) in [6.45, 7) is 6.71. The molecule has 0 saturated heterocycles. The zero-order valence-electron chi connectivity index (χ0n) is 20.2. The first-order valence-corrected chi connectivity index (χ1v) is 12.9. The fourth-order valence-electron chi connectivity index (χ4n) is 3.96. The second kappa shape index (κ2) is 18.5. The first-order valence-electron chi connectivity index (χ1n) is 12.9. The summed E-state index contributed by atoms with van der Waals surface area (Å²) >= 11 is 0. The lowest BCUT2D eigenvalue weighted by atomic mass is 9.96. The third-order valence-electron chi connectivity index (χ3n) is 6.24. The fourth-order valence-corrected chi connectivity index (χ4v) is 3.96. The summed E-state index contributed by atoms with van der Waals surface area (Å²) in [5, 5.41) is 0. The van der Waals surface area contributed by atoms with Gasteiger partial charge in [-0.2, -0.15) is 0 Å². The van der Waals surface area contributed by atoms with Crippen LogP contribution in [0.25, 0.3) is 0 Å². The lowest BCUT2D eigenvalue weighted by Crippen LogP contribution is -2.14. The van der Waals surface area contributed by atoms with Crippen molar-refractivity contribution in [2.45, 2.75) is 130 Å². The quantitative estimate of drug-likeness (QED) is 0.166. The van der Waals surface area contributed by atoms with E-state index in [0.717, 1.165) is 31.2 Å². The summed E-state index contributed by atoms with van der Waals surface area (Å²) in [5.41, 5.74) is 1.12. The highest BCUT2D eigenvalue weighted by atomic mass is 16.5. The number of esters is 1. The van der Waals surface area contributed by atoms with Crippen molar-refractivity contribution < 1.29 is 9.53 Å². The van der Waals surface area contributed by atoms with E-state index in [1.807, 2.05) is 18.2 Å². The number of hydrogen-bond donors (Lipinski definition) is 0. The van der Waals surface area contributed by atoms with Crippen molar-refractivity contribution in [2.75, 3.05) is 0 Å². The van der Waals surface area contributed by atoms with Crippen molar-refractivity contribution in [1.29, 1.82) is 0 Å². The van der Waals surface area contributed by atoms with E-state index < -0.39 is 0 Å². The topological polar surface area (TPSA) is 26.3 Å². The van der Waals surface area contributed by atoms with Gasteiger partial charge in [0.2, 0.25) is 0 Å². The molecule has 0 bridgehead atoms. The smallest absolute Gasteiger partial charge is 0.306 e. The second-order valence-electron chi connectivity index (χ2n) is 9.13. The normalized spacial score (nSPS) is 13.2. The second-order valence-corrected chi connectivity index (χ2v) is 9.13. The summed E-state index contributed by atoms with van der Waals surface area (Å²) in [5.74, 6) is 0.523. The molecule has 0 aliphatic heterocycles. The van der Waals surface area contributed by atoms with Crippen LogP contribution in [0.1, 0.15) is 135 Å². The summed E-state index contributed by atoms with van der Waals surface area (Å²) in [4.78, 5) is 12.4. The summed E-state index contributed by atoms with van der Waals surface area (Å²) in [6, 6.07) is 10.2. The molecular weight excluding hydrogens is 368 g/mol. The van der Waals surface area contributed by atoms with Crippen molar-refractivity contribution in [2.24, 2.45) is 5.92 Å². The van der Waals surface area contributed by atoms with Crippen LogP contribution in [-0.2, 0) is 9.53 Å². The molecule has 2 heteroatoms. The molecule has 1 aromatic carbocycles. The van der Waals surface area contributed by atoms with Gasteiger partial charge in [-0.3, -0.25) is 4.79 Å². The molecule has 0 aliphatic carbocycles. The highest BCUT2D eigenvalue weighted by molar-refractivity contribution is 5.69. The zero-order valence-corrected chi connectivity index (χ0v) is 20.2. The fraction of sp³-hybridized carbons (Fsp3) is 0.750. The number of carbonyl (C=O) groups is 1. The Balaban J connectivity index is 2.08. The Morgan fingerprint density at radius 2 is 1.27 bits per heavy atom. The Morgan fingerprint density at radius 1 is 0.767 bits per heavy atom. The van der Waals surface area contributed by atoms with Gasteiger partial charge in [-0.1, -0.05) is 135 Å². The van der Waals surface area contributed by atoms with Crippen LogP contribution in [0.15, 0.2) is 30.3 Å². The first kappa shape index (κ1) is 26.7. The van der Waals surface area contributed by atoms with Crippen LogP contribution in [-0.4, -0.2) is 5.97 Å². The van der Waals surface area contributed by atoms with Gasteiger partial charge in [0.05, 0.1) is 0 Å². The number of rotatable bonds is 19. The molecule has 0 fully saturated rings. The predicted molar refractivity (Wildman–Crippen MR) is 130 cm³/mol. The van der Waals surface area contributed by atoms with Crippen molar-refractivity contribution in [3.05, 3.63) is 35.9 Å². The van der Waals surface area contributed by atoms with E-state index >= 15 is 0 Å². The third-order valence-corrected chi connectivity index (χ3v) is 6.24. The van der Waals surface area contributed by atoms with Crippen LogP contribution in [0.5, 0.6) is 0 Å². The average molecular weight is 417 g/mol. The van der Waals surface area contributed by atoms with Gasteiger partial charge in [-0.15, -0.1) is 0 Å². The van der Waals surface area contributed by atoms with Gasteiger partial charge in [0.15, 0.2) is 0 Å². The minimum absolute atomic E-state index is 0.0322. The molecule has 2 nitrogen and oxygen atoms in total. The Hall–Kier alpha value is -1.31. The Labute approximate surface area is 187 Å². The standard InChI is InChI=1S/C28H48O2/c1-4-6-7-8-9-10-11-12-13-14-15-16-20-23-28(29)30-27(24-25(3)5-2)26-21-18-17-19-22-26/h17-19,21-22,25,27H,4-16,20,23-24H2,1-3H3. The highest BCUT2D eigenvalue weighted by Gasteiger charge is 2.18. The van der Waals surface area contributed by atoms with Crippen molar-refractivity contribution in [3.63, 3.8) is 0 Å². The number of benzene rings is 1. The monoisotopic (exact) mass is 416 g/mol. The van der Waals surface area contributed by atoms with Crippen molar-refractivity contribution in [3.8, 4) is 0 Å². The van der Waals surface area contributed by atoms with Crippen LogP contribution >= 0.6 is 0 Å². The Bertz CT molecular complexity index is 511. The number of ether oxygens (including phenoxy) is 1. The van der Waals surface area contributed by atoms with Gasteiger partial charge in [0.25, 0.3) is 0 Å². The minimum atomic E-state index is -0.101. The summed E-state index contributed by atoms with van der Waals surface area (Å²) in [7, 11) is 0. The van der Waals surface area contributed by atoms with E-state index in [1.165, 1.54) is 70.6 Å². The highest BCUT2D eigenvalue weighted by Crippen LogP contribution is 2.27. The molecule has 0 amide bonds. The molecule has 0 N–H and O–H groups in total. The molecule has 0 saturated carbocycles. The molecule has 0 radical (unpaired) electrons. The van der Waals surface area contributed by atoms with Crippen LogP contribution in [0.2, 0.25) is 0 Å². The Morgan fingerprint density at radius 3 is 1.77 bits per heavy atom. The van der Waals surface area contributed by atoms with Crippen molar-refractivity contribution in [1.82, 2.24) is 0 Å². The summed E-state index contributed by atoms with van der Waals surface area (Å²) in [6.07, 6.45) is 19.7. The van der Waals surface area contributed by atoms with Gasteiger partial charge in [-0.25, -0.2) is 0 Å². The third kappa shape index (κ3) is 13.8. The maximum Gasteiger partial charge on any atom is 0.306 e. The van der Waals surface area contributed by atoms with Gasteiger partial charge in [-0.05, 0) is 24.3 Å². The molecule has 0 aliphatic rings. The number of carbonyl (C=O) groups excluding carboxylic acids is 1. The van der Waals surface area contributed by atoms with Crippen molar-refractivity contribution >= 4 is 5.97 Å². The van der Waals surface area contributed by atoms with Crippen LogP contribution in [0, 0.1) is 5.92 Å². The first-order chi connectivity index (χ1) is 14.7. The molecule has 30 heavy (non-hydrogen) atoms. The molecule has 0 heterocycles. The van der Waals surface area contributed by atoms with E-state index in [2.05, 4.69) is 32.9 Å². The molecule has 172 valence electrons. The molecule has 1 rings (SSSR count). The molecule has 2 unspecified atom stereocenters. The number of hydrogen-bond acceptors (Lipinski definition) is 2. The lowest BCUT2D eigenvalue weighted by molar-refractivity contribution is -0.150. The largest absolute Gasteiger partial charge is 0.457 e. The van der Waals surface area contributed by atoms with Gasteiger partial charge < -0.3 is 4.74 Å². The van der Waals surface area contributed by atoms with E-state index in [4.69, 9.17) is 4.74 Å². The molecule has 0 aromatic heterocycles. The van der Waals surface area contributed by atoms with Gasteiger partial charge in [0, 0.05) is 6.42 Å².